The topological polar surface area (TPSA) is 12.0 Å². The van der Waals surface area contributed by atoms with Crippen molar-refractivity contribution in [3.63, 3.8) is 0 Å². The van der Waals surface area contributed by atoms with Crippen LogP contribution in [-0.4, -0.2) is 24.6 Å². The summed E-state index contributed by atoms with van der Waals surface area (Å²) in [4.78, 5) is 0. The van der Waals surface area contributed by atoms with E-state index < -0.39 is 0 Å². The van der Waals surface area contributed by atoms with E-state index in [1.54, 1.807) is 0 Å². The summed E-state index contributed by atoms with van der Waals surface area (Å²) in [7, 11) is 0. The second kappa shape index (κ2) is 8.46. The summed E-state index contributed by atoms with van der Waals surface area (Å²) in [5.74, 6) is 2.31. The van der Waals surface area contributed by atoms with Crippen LogP contribution < -0.4 is 5.32 Å². The zero-order valence-electron chi connectivity index (χ0n) is 10.4. The molecule has 1 N–H and O–H groups in total. The number of thioether (sulfide) groups is 1. The molecule has 1 fully saturated rings. The van der Waals surface area contributed by atoms with E-state index in [2.05, 4.69) is 18.5 Å². The van der Waals surface area contributed by atoms with E-state index >= 15 is 0 Å². The van der Waals surface area contributed by atoms with Gasteiger partial charge in [0.25, 0.3) is 0 Å². The Kier molecular flexibility index (Phi) is 7.54. The van der Waals surface area contributed by atoms with E-state index in [4.69, 9.17) is 0 Å². The maximum Gasteiger partial charge on any atom is 0.00672 e. The highest BCUT2D eigenvalue weighted by molar-refractivity contribution is 7.98. The van der Waals surface area contributed by atoms with Gasteiger partial charge in [-0.05, 0) is 63.0 Å². The SMILES string of the molecule is CSCCCCCNC1CCC(C)CC1. The van der Waals surface area contributed by atoms with Gasteiger partial charge in [0.05, 0.1) is 0 Å². The zero-order valence-corrected chi connectivity index (χ0v) is 11.2. The van der Waals surface area contributed by atoms with Crippen molar-refractivity contribution in [2.75, 3.05) is 18.6 Å². The lowest BCUT2D eigenvalue weighted by atomic mass is 9.87. The van der Waals surface area contributed by atoms with Crippen LogP contribution in [0.5, 0.6) is 0 Å². The molecule has 0 aromatic carbocycles. The highest BCUT2D eigenvalue weighted by Crippen LogP contribution is 2.23. The van der Waals surface area contributed by atoms with Crippen molar-refractivity contribution in [1.29, 1.82) is 0 Å². The second-order valence-corrected chi connectivity index (χ2v) is 5.95. The van der Waals surface area contributed by atoms with Crippen LogP contribution in [0.3, 0.4) is 0 Å². The Labute approximate surface area is 99.8 Å². The average Bonchev–Trinajstić information content (AvgIpc) is 2.26. The lowest BCUT2D eigenvalue weighted by molar-refractivity contribution is 0.306. The number of rotatable bonds is 7. The minimum absolute atomic E-state index is 0.835. The zero-order chi connectivity index (χ0) is 10.9. The van der Waals surface area contributed by atoms with E-state index in [0.717, 1.165) is 12.0 Å². The minimum Gasteiger partial charge on any atom is -0.314 e. The lowest BCUT2D eigenvalue weighted by Gasteiger charge is -2.27. The van der Waals surface area contributed by atoms with Crippen molar-refractivity contribution in [2.45, 2.75) is 57.9 Å². The largest absolute Gasteiger partial charge is 0.314 e. The third kappa shape index (κ3) is 6.47. The standard InChI is InChI=1S/C13H27NS/c1-12-6-8-13(9-7-12)14-10-4-3-5-11-15-2/h12-14H,3-11H2,1-2H3. The van der Waals surface area contributed by atoms with Crippen LogP contribution in [0.2, 0.25) is 0 Å². The molecule has 0 heterocycles. The first kappa shape index (κ1) is 13.4. The van der Waals surface area contributed by atoms with Crippen LogP contribution in [-0.2, 0) is 0 Å². The van der Waals surface area contributed by atoms with Gasteiger partial charge in [0.2, 0.25) is 0 Å². The van der Waals surface area contributed by atoms with Gasteiger partial charge >= 0.3 is 0 Å². The van der Waals surface area contributed by atoms with E-state index in [-0.39, 0.29) is 0 Å². The predicted molar refractivity (Wildman–Crippen MR) is 71.7 cm³/mol. The maximum absolute atomic E-state index is 3.71. The van der Waals surface area contributed by atoms with Gasteiger partial charge in [-0.2, -0.15) is 11.8 Å². The monoisotopic (exact) mass is 229 g/mol. The second-order valence-electron chi connectivity index (χ2n) is 4.96. The van der Waals surface area contributed by atoms with Crippen LogP contribution in [0.15, 0.2) is 0 Å². The molecule has 1 rings (SSSR count). The minimum atomic E-state index is 0.835. The molecule has 0 aliphatic heterocycles. The first-order valence-corrected chi connectivity index (χ1v) is 7.94. The molecule has 15 heavy (non-hydrogen) atoms. The fourth-order valence-corrected chi connectivity index (χ4v) is 2.81. The molecule has 2 heteroatoms. The number of hydrogen-bond acceptors (Lipinski definition) is 2. The van der Waals surface area contributed by atoms with Crippen LogP contribution in [0.1, 0.15) is 51.9 Å². The molecule has 0 saturated heterocycles. The van der Waals surface area contributed by atoms with E-state index in [1.165, 1.54) is 57.2 Å². The molecule has 0 amide bonds. The Balaban J connectivity index is 1.87. The fraction of sp³-hybridized carbons (Fsp3) is 1.00. The van der Waals surface area contributed by atoms with Gasteiger partial charge < -0.3 is 5.32 Å². The first-order chi connectivity index (χ1) is 7.33. The third-order valence-electron chi connectivity index (χ3n) is 3.47. The third-order valence-corrected chi connectivity index (χ3v) is 4.17. The summed E-state index contributed by atoms with van der Waals surface area (Å²) >= 11 is 1.97. The molecule has 90 valence electrons. The highest BCUT2D eigenvalue weighted by atomic mass is 32.2. The molecule has 0 aromatic heterocycles. The van der Waals surface area contributed by atoms with E-state index in [1.807, 2.05) is 11.8 Å². The summed E-state index contributed by atoms with van der Waals surface area (Å²) in [6.45, 7) is 3.63. The number of unbranched alkanes of at least 4 members (excludes halogenated alkanes) is 2. The van der Waals surface area contributed by atoms with Crippen LogP contribution >= 0.6 is 11.8 Å². The average molecular weight is 229 g/mol. The molecule has 1 aliphatic rings. The van der Waals surface area contributed by atoms with Crippen molar-refractivity contribution in [3.8, 4) is 0 Å². The van der Waals surface area contributed by atoms with E-state index in [0.29, 0.717) is 0 Å². The molecule has 0 unspecified atom stereocenters. The molecule has 1 nitrogen and oxygen atoms in total. The fourth-order valence-electron chi connectivity index (χ4n) is 2.32. The smallest absolute Gasteiger partial charge is 0.00672 e. The quantitative estimate of drug-likeness (QED) is 0.668. The predicted octanol–water partition coefficient (Wildman–Crippen LogP) is 3.69. The van der Waals surface area contributed by atoms with Gasteiger partial charge in [0.1, 0.15) is 0 Å². The highest BCUT2D eigenvalue weighted by Gasteiger charge is 2.16. The summed E-state index contributed by atoms with van der Waals surface area (Å²) < 4.78 is 0. The van der Waals surface area contributed by atoms with E-state index in [9.17, 15) is 0 Å². The van der Waals surface area contributed by atoms with Gasteiger partial charge in [0, 0.05) is 6.04 Å². The normalized spacial score (nSPS) is 26.8. The Morgan fingerprint density at radius 1 is 1.07 bits per heavy atom. The molecule has 0 radical (unpaired) electrons. The van der Waals surface area contributed by atoms with Gasteiger partial charge in [-0.1, -0.05) is 13.3 Å². The Bertz CT molecular complexity index is 141. The molecular weight excluding hydrogens is 202 g/mol. The lowest BCUT2D eigenvalue weighted by Crippen LogP contribution is -2.33. The summed E-state index contributed by atoms with van der Waals surface area (Å²) in [6, 6.07) is 0.835. The van der Waals surface area contributed by atoms with Crippen molar-refractivity contribution >= 4 is 11.8 Å². The van der Waals surface area contributed by atoms with Gasteiger partial charge in [-0.15, -0.1) is 0 Å². The van der Waals surface area contributed by atoms with Gasteiger partial charge in [0.15, 0.2) is 0 Å². The van der Waals surface area contributed by atoms with Crippen molar-refractivity contribution < 1.29 is 0 Å². The molecular formula is C13H27NS. The molecule has 1 aliphatic carbocycles. The Morgan fingerprint density at radius 2 is 1.80 bits per heavy atom. The van der Waals surface area contributed by atoms with Crippen LogP contribution in [0.4, 0.5) is 0 Å². The molecule has 0 spiro atoms. The molecule has 0 bridgehead atoms. The summed E-state index contributed by atoms with van der Waals surface area (Å²) in [5.41, 5.74) is 0. The molecule has 0 atom stereocenters. The molecule has 0 aromatic rings. The number of hydrogen-bond donors (Lipinski definition) is 1. The van der Waals surface area contributed by atoms with Crippen LogP contribution in [0, 0.1) is 5.92 Å². The Hall–Kier alpha value is 0.310. The van der Waals surface area contributed by atoms with Crippen LogP contribution in [0.25, 0.3) is 0 Å². The van der Waals surface area contributed by atoms with Crippen molar-refractivity contribution in [1.82, 2.24) is 5.32 Å². The van der Waals surface area contributed by atoms with Gasteiger partial charge in [-0.25, -0.2) is 0 Å². The first-order valence-electron chi connectivity index (χ1n) is 6.55. The maximum atomic E-state index is 3.71. The van der Waals surface area contributed by atoms with Crippen molar-refractivity contribution in [2.24, 2.45) is 5.92 Å². The summed E-state index contributed by atoms with van der Waals surface area (Å²) in [6.07, 6.45) is 12.0. The van der Waals surface area contributed by atoms with Gasteiger partial charge in [-0.3, -0.25) is 0 Å². The Morgan fingerprint density at radius 3 is 2.47 bits per heavy atom. The van der Waals surface area contributed by atoms with Crippen molar-refractivity contribution in [3.05, 3.63) is 0 Å². The number of nitrogens with one attached hydrogen (secondary N) is 1. The molecule has 1 saturated carbocycles. The summed E-state index contributed by atoms with van der Waals surface area (Å²) in [5, 5.41) is 3.71.